The van der Waals surface area contributed by atoms with E-state index in [2.05, 4.69) is 81.3 Å². The van der Waals surface area contributed by atoms with Crippen molar-refractivity contribution in [2.75, 3.05) is 61.9 Å². The van der Waals surface area contributed by atoms with Crippen LogP contribution in [0.2, 0.25) is 0 Å². The van der Waals surface area contributed by atoms with E-state index in [0.29, 0.717) is 0 Å². The SMILES string of the molecule is CCCCCCCCCCCCCCC[N+](C)(C)Cc1cc(C[N+](C)(C)CCCCCCCCCCCCCC)cc(C[N+](C)(C)CCCCCCCCCCCCCC)c1.[Br-].[Br-].[Br-]. The molecule has 1 rings (SSSR count). The van der Waals surface area contributed by atoms with Crippen LogP contribution in [0.15, 0.2) is 18.2 Å². The number of quaternary nitrogens is 3. The van der Waals surface area contributed by atoms with Crippen LogP contribution in [0.25, 0.3) is 0 Å². The maximum Gasteiger partial charge on any atom is 0.104 e. The van der Waals surface area contributed by atoms with Crippen molar-refractivity contribution < 1.29 is 64.4 Å². The van der Waals surface area contributed by atoms with Crippen LogP contribution < -0.4 is 50.9 Å². The Bertz CT molecular complexity index is 1050. The molecular weight excluding hydrogens is 978 g/mol. The predicted molar refractivity (Wildman–Crippen MR) is 276 cm³/mol. The molecule has 0 saturated heterocycles. The fourth-order valence-corrected chi connectivity index (χ4v) is 10.2. The first kappa shape index (κ1) is 68.8. The van der Waals surface area contributed by atoms with Crippen molar-refractivity contribution in [3.8, 4) is 0 Å². The Hall–Kier alpha value is 0.540. The van der Waals surface area contributed by atoms with E-state index in [1.807, 2.05) is 0 Å². The molecule has 0 aliphatic heterocycles. The minimum Gasteiger partial charge on any atom is -1.00 e. The topological polar surface area (TPSA) is 0 Å². The summed E-state index contributed by atoms with van der Waals surface area (Å²) in [5.74, 6) is 0. The summed E-state index contributed by atoms with van der Waals surface area (Å²) in [4.78, 5) is 0. The first-order valence-corrected chi connectivity index (χ1v) is 28.0. The van der Waals surface area contributed by atoms with Gasteiger partial charge in [-0.25, -0.2) is 0 Å². The third-order valence-corrected chi connectivity index (χ3v) is 14.0. The Balaban J connectivity index is -0.0000124. The Morgan fingerprint density at radius 1 is 0.234 bits per heavy atom. The van der Waals surface area contributed by atoms with Gasteiger partial charge in [0.2, 0.25) is 0 Å². The minimum absolute atomic E-state index is 0. The van der Waals surface area contributed by atoms with Crippen LogP contribution in [-0.2, 0) is 19.6 Å². The second kappa shape index (κ2) is 46.0. The van der Waals surface area contributed by atoms with E-state index in [0.717, 1.165) is 33.1 Å². The Kier molecular flexibility index (Phi) is 49.4. The molecule has 0 N–H and O–H groups in total. The van der Waals surface area contributed by atoms with Crippen molar-refractivity contribution in [1.82, 2.24) is 0 Å². The molecule has 6 heteroatoms. The second-order valence-electron chi connectivity index (χ2n) is 22.6. The van der Waals surface area contributed by atoms with Gasteiger partial charge in [-0.05, 0) is 56.7 Å². The van der Waals surface area contributed by atoms with E-state index in [4.69, 9.17) is 0 Å². The Labute approximate surface area is 436 Å². The van der Waals surface area contributed by atoms with Gasteiger partial charge in [0.05, 0.1) is 61.9 Å². The van der Waals surface area contributed by atoms with Crippen LogP contribution in [0, 0.1) is 0 Å². The third kappa shape index (κ3) is 43.8. The number of benzene rings is 1. The standard InChI is InChI=1S/C58H116N3.3BrH/c1-10-13-16-19-22-25-28-31-34-37-40-43-46-49-61(8,9)55-58-51-56(53-59(4,5)47-44-41-38-35-32-29-26-23-20-17-14-11-2)50-57(52-58)54-60(6,7)48-45-42-39-36-33-30-27-24-21-18-15-12-3;;;/h50-52H,10-49,53-55H2,1-9H3;3*1H/q+3;;;/p-3. The monoisotopic (exact) mass is 1090 g/mol. The molecule has 0 aromatic heterocycles. The lowest BCUT2D eigenvalue weighted by atomic mass is 10.0. The van der Waals surface area contributed by atoms with Crippen LogP contribution in [0.1, 0.15) is 275 Å². The van der Waals surface area contributed by atoms with E-state index in [-0.39, 0.29) is 50.9 Å². The summed E-state index contributed by atoms with van der Waals surface area (Å²) in [6.45, 7) is 14.3. The van der Waals surface area contributed by atoms with Gasteiger partial charge in [0.25, 0.3) is 0 Å². The number of unbranched alkanes of at least 4 members (excludes halogenated alkanes) is 34. The normalized spacial score (nSPS) is 12.0. The molecule has 0 saturated carbocycles. The third-order valence-electron chi connectivity index (χ3n) is 14.0. The Morgan fingerprint density at radius 2 is 0.375 bits per heavy atom. The molecule has 0 heterocycles. The van der Waals surface area contributed by atoms with Crippen LogP contribution in [0.4, 0.5) is 0 Å². The van der Waals surface area contributed by atoms with E-state index in [1.54, 1.807) is 16.7 Å². The van der Waals surface area contributed by atoms with Gasteiger partial charge in [-0.3, -0.25) is 0 Å². The summed E-state index contributed by atoms with van der Waals surface area (Å²) in [6, 6.07) is 7.84. The van der Waals surface area contributed by atoms with Crippen molar-refractivity contribution in [3.05, 3.63) is 34.9 Å². The molecule has 1 aromatic rings. The molecule has 1 aromatic carbocycles. The van der Waals surface area contributed by atoms with Crippen molar-refractivity contribution >= 4 is 0 Å². The van der Waals surface area contributed by atoms with Crippen LogP contribution in [0.5, 0.6) is 0 Å². The molecule has 0 bridgehead atoms. The molecule has 64 heavy (non-hydrogen) atoms. The summed E-state index contributed by atoms with van der Waals surface area (Å²) in [7, 11) is 15.0. The van der Waals surface area contributed by atoms with Gasteiger partial charge >= 0.3 is 0 Å². The molecule has 0 unspecified atom stereocenters. The lowest BCUT2D eigenvalue weighted by molar-refractivity contribution is -0.905. The highest BCUT2D eigenvalue weighted by Gasteiger charge is 2.22. The van der Waals surface area contributed by atoms with Crippen LogP contribution in [0.3, 0.4) is 0 Å². The molecule has 0 aliphatic rings. The number of halogens is 3. The predicted octanol–water partition coefficient (Wildman–Crippen LogP) is 8.92. The summed E-state index contributed by atoms with van der Waals surface area (Å²) in [5, 5.41) is 0. The average Bonchev–Trinajstić information content (AvgIpc) is 3.19. The summed E-state index contributed by atoms with van der Waals surface area (Å²) in [6.07, 6.45) is 52.9. The fraction of sp³-hybridized carbons (Fsp3) is 0.897. The zero-order valence-corrected chi connectivity index (χ0v) is 49.9. The fourth-order valence-electron chi connectivity index (χ4n) is 10.2. The zero-order valence-electron chi connectivity index (χ0n) is 45.1. The maximum atomic E-state index is 2.61. The lowest BCUT2D eigenvalue weighted by Crippen LogP contribution is -3.00. The van der Waals surface area contributed by atoms with Gasteiger partial charge in [-0.15, -0.1) is 0 Å². The van der Waals surface area contributed by atoms with E-state index in [9.17, 15) is 0 Å². The van der Waals surface area contributed by atoms with Crippen LogP contribution in [-0.4, -0.2) is 75.4 Å². The van der Waals surface area contributed by atoms with Crippen molar-refractivity contribution in [2.45, 2.75) is 278 Å². The van der Waals surface area contributed by atoms with Gasteiger partial charge in [-0.2, -0.15) is 0 Å². The van der Waals surface area contributed by atoms with E-state index >= 15 is 0 Å². The van der Waals surface area contributed by atoms with Gasteiger partial charge in [-0.1, -0.05) is 220 Å². The first-order valence-electron chi connectivity index (χ1n) is 28.0. The van der Waals surface area contributed by atoms with Crippen molar-refractivity contribution in [3.63, 3.8) is 0 Å². The quantitative estimate of drug-likeness (QED) is 0.0453. The number of hydrogen-bond donors (Lipinski definition) is 0. The molecule has 0 spiro atoms. The smallest absolute Gasteiger partial charge is 0.104 e. The number of rotatable bonds is 46. The average molecular weight is 1100 g/mol. The highest BCUT2D eigenvalue weighted by atomic mass is 79.9. The minimum atomic E-state index is 0. The Morgan fingerprint density at radius 3 is 0.531 bits per heavy atom. The highest BCUT2D eigenvalue weighted by molar-refractivity contribution is 5.29. The lowest BCUT2D eigenvalue weighted by Gasteiger charge is -2.33. The molecule has 0 atom stereocenters. The van der Waals surface area contributed by atoms with Crippen molar-refractivity contribution in [2.24, 2.45) is 0 Å². The second-order valence-corrected chi connectivity index (χ2v) is 22.6. The maximum absolute atomic E-state index is 2.61. The van der Waals surface area contributed by atoms with Gasteiger partial charge in [0, 0.05) is 16.7 Å². The summed E-state index contributed by atoms with van der Waals surface area (Å²) < 4.78 is 3.32. The molecule has 0 amide bonds. The van der Waals surface area contributed by atoms with Gasteiger partial charge in [0.15, 0.2) is 0 Å². The van der Waals surface area contributed by atoms with E-state index in [1.165, 1.54) is 257 Å². The van der Waals surface area contributed by atoms with Crippen LogP contribution >= 0.6 is 0 Å². The summed E-state index contributed by atoms with van der Waals surface area (Å²) >= 11 is 0. The van der Waals surface area contributed by atoms with Gasteiger partial charge in [0.1, 0.15) is 19.6 Å². The molecule has 0 aliphatic carbocycles. The molecule has 384 valence electrons. The highest BCUT2D eigenvalue weighted by Crippen LogP contribution is 2.23. The first-order chi connectivity index (χ1) is 29.4. The van der Waals surface area contributed by atoms with Gasteiger partial charge < -0.3 is 64.4 Å². The van der Waals surface area contributed by atoms with E-state index < -0.39 is 0 Å². The summed E-state index contributed by atoms with van der Waals surface area (Å²) in [5.41, 5.74) is 4.72. The number of hydrogen-bond acceptors (Lipinski definition) is 0. The zero-order chi connectivity index (χ0) is 44.8. The molecule has 3 nitrogen and oxygen atoms in total. The molecular formula is C58H116Br3N3. The molecule has 0 fully saturated rings. The van der Waals surface area contributed by atoms with Crippen molar-refractivity contribution in [1.29, 1.82) is 0 Å². The number of nitrogens with zero attached hydrogens (tertiary/aromatic N) is 3. The molecule has 0 radical (unpaired) electrons. The largest absolute Gasteiger partial charge is 1.00 e.